The van der Waals surface area contributed by atoms with E-state index in [1.807, 2.05) is 24.3 Å². The number of carbonyl (C=O) groups is 2. The van der Waals surface area contributed by atoms with Crippen LogP contribution in [0.2, 0.25) is 0 Å². The fraction of sp³-hybridized carbons (Fsp3) is 0.273. The molecule has 1 fully saturated rings. The van der Waals surface area contributed by atoms with Crippen LogP contribution in [0, 0.1) is 0 Å². The average Bonchev–Trinajstić information content (AvgIpc) is 3.45. The number of nitrogens with zero attached hydrogens (tertiary/aromatic N) is 3. The first kappa shape index (κ1) is 21.6. The molecule has 32 heavy (non-hydrogen) atoms. The van der Waals surface area contributed by atoms with Gasteiger partial charge in [0, 0.05) is 30.1 Å². The number of hydrogen-bond donors (Lipinski definition) is 1. The predicted molar refractivity (Wildman–Crippen MR) is 120 cm³/mol. The number of methoxy groups -OCH3 is 3. The zero-order valence-electron chi connectivity index (χ0n) is 17.8. The standard InChI is InChI=1S/C22H22N4O5S/c1-29-16-7-5-15(6-8-16)26-12-14(11-19(26)27)21-24-25-22(32-21)23-20(28)13-4-9-17(30-2)18(10-13)31-3/h4-10,14H,11-12H2,1-3H3,(H,23,25,28). The van der Waals surface area contributed by atoms with Crippen LogP contribution in [0.15, 0.2) is 42.5 Å². The van der Waals surface area contributed by atoms with E-state index in [0.717, 1.165) is 11.4 Å². The molecule has 166 valence electrons. The third kappa shape index (κ3) is 4.35. The molecule has 2 aromatic carbocycles. The highest BCUT2D eigenvalue weighted by atomic mass is 32.1. The van der Waals surface area contributed by atoms with E-state index in [0.29, 0.717) is 40.2 Å². The molecule has 1 aromatic heterocycles. The number of carbonyl (C=O) groups excluding carboxylic acids is 2. The fourth-order valence-corrected chi connectivity index (χ4v) is 4.31. The summed E-state index contributed by atoms with van der Waals surface area (Å²) in [4.78, 5) is 26.9. The summed E-state index contributed by atoms with van der Waals surface area (Å²) in [6, 6.07) is 12.3. The van der Waals surface area contributed by atoms with Gasteiger partial charge in [-0.05, 0) is 42.5 Å². The summed E-state index contributed by atoms with van der Waals surface area (Å²) in [5, 5.41) is 12.1. The van der Waals surface area contributed by atoms with Gasteiger partial charge in [0.05, 0.1) is 21.3 Å². The fourth-order valence-electron chi connectivity index (χ4n) is 3.48. The number of aromatic nitrogens is 2. The summed E-state index contributed by atoms with van der Waals surface area (Å²) in [6.07, 6.45) is 0.338. The molecule has 0 bridgehead atoms. The van der Waals surface area contributed by atoms with E-state index in [-0.39, 0.29) is 17.7 Å². The molecule has 1 atom stereocenters. The molecule has 1 aliphatic heterocycles. The molecule has 2 heterocycles. The molecule has 0 spiro atoms. The van der Waals surface area contributed by atoms with E-state index in [9.17, 15) is 9.59 Å². The Morgan fingerprint density at radius 3 is 2.47 bits per heavy atom. The van der Waals surface area contributed by atoms with Crippen molar-refractivity contribution < 1.29 is 23.8 Å². The van der Waals surface area contributed by atoms with Crippen LogP contribution in [0.5, 0.6) is 17.2 Å². The van der Waals surface area contributed by atoms with Crippen molar-refractivity contribution in [1.82, 2.24) is 10.2 Å². The third-order valence-corrected chi connectivity index (χ3v) is 6.17. The maximum Gasteiger partial charge on any atom is 0.257 e. The topological polar surface area (TPSA) is 103 Å². The number of anilines is 2. The largest absolute Gasteiger partial charge is 0.497 e. The number of rotatable bonds is 7. The lowest BCUT2D eigenvalue weighted by molar-refractivity contribution is -0.117. The van der Waals surface area contributed by atoms with Gasteiger partial charge in [0.15, 0.2) is 11.5 Å². The van der Waals surface area contributed by atoms with E-state index in [1.165, 1.54) is 25.6 Å². The highest BCUT2D eigenvalue weighted by molar-refractivity contribution is 7.15. The van der Waals surface area contributed by atoms with Gasteiger partial charge in [-0.25, -0.2) is 0 Å². The van der Waals surface area contributed by atoms with Crippen molar-refractivity contribution >= 4 is 34.0 Å². The molecule has 10 heteroatoms. The quantitative estimate of drug-likeness (QED) is 0.584. The van der Waals surface area contributed by atoms with E-state index in [4.69, 9.17) is 14.2 Å². The Bertz CT molecular complexity index is 1130. The van der Waals surface area contributed by atoms with E-state index in [1.54, 1.807) is 30.2 Å². The first-order valence-corrected chi connectivity index (χ1v) is 10.6. The van der Waals surface area contributed by atoms with Crippen LogP contribution in [0.4, 0.5) is 10.8 Å². The minimum atomic E-state index is -0.337. The van der Waals surface area contributed by atoms with E-state index < -0.39 is 0 Å². The van der Waals surface area contributed by atoms with Crippen LogP contribution >= 0.6 is 11.3 Å². The number of ether oxygens (including phenoxy) is 3. The molecule has 4 rings (SSSR count). The van der Waals surface area contributed by atoms with Gasteiger partial charge < -0.3 is 19.1 Å². The summed E-state index contributed by atoms with van der Waals surface area (Å²) >= 11 is 1.27. The van der Waals surface area contributed by atoms with Gasteiger partial charge in [0.1, 0.15) is 10.8 Å². The van der Waals surface area contributed by atoms with Crippen molar-refractivity contribution in [3.63, 3.8) is 0 Å². The Balaban J connectivity index is 1.43. The van der Waals surface area contributed by atoms with Crippen molar-refractivity contribution in [1.29, 1.82) is 0 Å². The van der Waals surface area contributed by atoms with Gasteiger partial charge in [-0.15, -0.1) is 10.2 Å². The van der Waals surface area contributed by atoms with Crippen LogP contribution in [-0.2, 0) is 4.79 Å². The molecule has 0 aliphatic carbocycles. The second-order valence-corrected chi connectivity index (χ2v) is 8.08. The highest BCUT2D eigenvalue weighted by Gasteiger charge is 2.34. The Hall–Kier alpha value is -3.66. The summed E-state index contributed by atoms with van der Waals surface area (Å²) in [5.41, 5.74) is 1.21. The molecule has 0 radical (unpaired) electrons. The maximum atomic E-state index is 12.6. The number of hydrogen-bond acceptors (Lipinski definition) is 8. The van der Waals surface area contributed by atoms with E-state index >= 15 is 0 Å². The summed E-state index contributed by atoms with van der Waals surface area (Å²) in [6.45, 7) is 0.503. The molecule has 0 saturated carbocycles. The van der Waals surface area contributed by atoms with Crippen LogP contribution in [0.1, 0.15) is 27.7 Å². The molecule has 1 aliphatic rings. The van der Waals surface area contributed by atoms with Gasteiger partial charge in [0.25, 0.3) is 5.91 Å². The lowest BCUT2D eigenvalue weighted by atomic mass is 10.1. The molecular formula is C22H22N4O5S. The Morgan fingerprint density at radius 1 is 1.03 bits per heavy atom. The second-order valence-electron chi connectivity index (χ2n) is 7.07. The zero-order valence-corrected chi connectivity index (χ0v) is 18.6. The molecular weight excluding hydrogens is 432 g/mol. The van der Waals surface area contributed by atoms with Gasteiger partial charge in [-0.3, -0.25) is 14.9 Å². The van der Waals surface area contributed by atoms with E-state index in [2.05, 4.69) is 15.5 Å². The molecule has 1 N–H and O–H groups in total. The monoisotopic (exact) mass is 454 g/mol. The summed E-state index contributed by atoms with van der Waals surface area (Å²) in [7, 11) is 4.64. The molecule has 1 saturated heterocycles. The molecule has 1 unspecified atom stereocenters. The minimum Gasteiger partial charge on any atom is -0.497 e. The van der Waals surface area contributed by atoms with Crippen molar-refractivity contribution in [2.45, 2.75) is 12.3 Å². The van der Waals surface area contributed by atoms with Crippen LogP contribution in [0.3, 0.4) is 0 Å². The molecule has 3 aromatic rings. The van der Waals surface area contributed by atoms with Crippen LogP contribution in [0.25, 0.3) is 0 Å². The van der Waals surface area contributed by atoms with Crippen molar-refractivity contribution in [3.8, 4) is 17.2 Å². The first-order valence-electron chi connectivity index (χ1n) is 9.83. The van der Waals surface area contributed by atoms with Crippen molar-refractivity contribution in [2.75, 3.05) is 38.1 Å². The van der Waals surface area contributed by atoms with Crippen molar-refractivity contribution in [2.24, 2.45) is 0 Å². The Morgan fingerprint density at radius 2 is 1.78 bits per heavy atom. The number of amides is 2. The number of benzene rings is 2. The molecule has 2 amide bonds. The van der Waals surface area contributed by atoms with Crippen molar-refractivity contribution in [3.05, 3.63) is 53.0 Å². The predicted octanol–water partition coefficient (Wildman–Crippen LogP) is 3.34. The third-order valence-electron chi connectivity index (χ3n) is 5.17. The normalized spacial score (nSPS) is 15.5. The Kier molecular flexibility index (Phi) is 6.22. The zero-order chi connectivity index (χ0) is 22.7. The van der Waals surface area contributed by atoms with Gasteiger partial charge in [-0.1, -0.05) is 11.3 Å². The highest BCUT2D eigenvalue weighted by Crippen LogP contribution is 2.35. The SMILES string of the molecule is COc1ccc(N2CC(c3nnc(NC(=O)c4ccc(OC)c(OC)c4)s3)CC2=O)cc1. The van der Waals surface area contributed by atoms with Crippen LogP contribution in [-0.4, -0.2) is 49.9 Å². The minimum absolute atomic E-state index is 0.0197. The average molecular weight is 455 g/mol. The van der Waals surface area contributed by atoms with Gasteiger partial charge in [0.2, 0.25) is 11.0 Å². The second kappa shape index (κ2) is 9.23. The van der Waals surface area contributed by atoms with Crippen LogP contribution < -0.4 is 24.4 Å². The summed E-state index contributed by atoms with van der Waals surface area (Å²) in [5.74, 6) is 1.32. The smallest absolute Gasteiger partial charge is 0.257 e. The van der Waals surface area contributed by atoms with Gasteiger partial charge >= 0.3 is 0 Å². The lowest BCUT2D eigenvalue weighted by Gasteiger charge is -2.16. The maximum absolute atomic E-state index is 12.6. The first-order chi connectivity index (χ1) is 15.5. The number of nitrogens with one attached hydrogen (secondary N) is 1. The Labute approximate surface area is 188 Å². The lowest BCUT2D eigenvalue weighted by Crippen LogP contribution is -2.24. The summed E-state index contributed by atoms with van der Waals surface area (Å²) < 4.78 is 15.6. The molecule has 9 nitrogen and oxygen atoms in total. The van der Waals surface area contributed by atoms with Gasteiger partial charge in [-0.2, -0.15) is 0 Å².